The van der Waals surface area contributed by atoms with Crippen LogP contribution in [0.1, 0.15) is 18.7 Å². The Morgan fingerprint density at radius 3 is 2.94 bits per heavy atom. The van der Waals surface area contributed by atoms with Crippen LogP contribution in [0.5, 0.6) is 0 Å². The first-order chi connectivity index (χ1) is 8.72. The zero-order valence-electron chi connectivity index (χ0n) is 9.58. The minimum Gasteiger partial charge on any atom is -0.392 e. The van der Waals surface area contributed by atoms with Gasteiger partial charge in [-0.1, -0.05) is 16.8 Å². The summed E-state index contributed by atoms with van der Waals surface area (Å²) in [5, 5.41) is 14.2. The van der Waals surface area contributed by atoms with Crippen LogP contribution in [-0.2, 0) is 6.42 Å². The van der Waals surface area contributed by atoms with Crippen molar-refractivity contribution in [2.24, 2.45) is 5.92 Å². The Labute approximate surface area is 109 Å². The molecule has 0 radical (unpaired) electrons. The van der Waals surface area contributed by atoms with Crippen LogP contribution in [0.25, 0.3) is 11.5 Å². The molecule has 0 aromatic carbocycles. The minimum absolute atomic E-state index is 0.378. The number of nitrogens with zero attached hydrogens (tertiary/aromatic N) is 3. The Morgan fingerprint density at radius 2 is 2.28 bits per heavy atom. The molecule has 0 saturated heterocycles. The number of hydrogen-bond donors (Lipinski definition) is 1. The molecule has 2 aromatic heterocycles. The average Bonchev–Trinajstić information content (AvgIpc) is 3.12. The predicted molar refractivity (Wildman–Crippen MR) is 65.0 cm³/mol. The molecule has 1 aliphatic carbocycles. The number of aromatic nitrogens is 3. The topological polar surface area (TPSA) is 72.0 Å². The fourth-order valence-electron chi connectivity index (χ4n) is 1.78. The van der Waals surface area contributed by atoms with E-state index in [1.165, 1.54) is 6.20 Å². The second-order valence-corrected chi connectivity index (χ2v) is 4.92. The lowest BCUT2D eigenvalue weighted by Gasteiger charge is -2.03. The molecule has 0 aliphatic heterocycles. The van der Waals surface area contributed by atoms with Crippen LogP contribution in [0.2, 0.25) is 5.02 Å². The van der Waals surface area contributed by atoms with Crippen LogP contribution in [0.3, 0.4) is 0 Å². The third-order valence-electron chi connectivity index (χ3n) is 2.97. The molecular formula is C12H12ClN3O2. The Hall–Kier alpha value is -1.46. The number of hydrogen-bond acceptors (Lipinski definition) is 5. The van der Waals surface area contributed by atoms with Crippen molar-refractivity contribution in [3.63, 3.8) is 0 Å². The maximum atomic E-state index is 9.80. The molecule has 94 valence electrons. The van der Waals surface area contributed by atoms with Gasteiger partial charge in [-0.15, -0.1) is 0 Å². The Bertz CT molecular complexity index is 537. The zero-order chi connectivity index (χ0) is 12.5. The Morgan fingerprint density at radius 1 is 1.44 bits per heavy atom. The zero-order valence-corrected chi connectivity index (χ0v) is 10.3. The Balaban J connectivity index is 1.74. The van der Waals surface area contributed by atoms with Crippen molar-refractivity contribution in [3.05, 3.63) is 29.2 Å². The molecule has 0 amide bonds. The van der Waals surface area contributed by atoms with Gasteiger partial charge in [-0.3, -0.25) is 4.98 Å². The lowest BCUT2D eigenvalue weighted by atomic mass is 10.2. The molecule has 18 heavy (non-hydrogen) atoms. The molecule has 2 heterocycles. The van der Waals surface area contributed by atoms with Crippen LogP contribution in [0.4, 0.5) is 0 Å². The molecule has 2 aromatic rings. The van der Waals surface area contributed by atoms with E-state index < -0.39 is 0 Å². The van der Waals surface area contributed by atoms with E-state index in [0.717, 1.165) is 12.8 Å². The SMILES string of the molecule is OC(Cc1nc(-c2ccc(Cl)cn2)no1)C1CC1. The maximum Gasteiger partial charge on any atom is 0.229 e. The van der Waals surface area contributed by atoms with Crippen molar-refractivity contribution < 1.29 is 9.63 Å². The van der Waals surface area contributed by atoms with Crippen LogP contribution >= 0.6 is 11.6 Å². The van der Waals surface area contributed by atoms with Crippen molar-refractivity contribution in [3.8, 4) is 11.5 Å². The lowest BCUT2D eigenvalue weighted by molar-refractivity contribution is 0.140. The molecular weight excluding hydrogens is 254 g/mol. The molecule has 3 rings (SSSR count). The number of aliphatic hydroxyl groups is 1. The molecule has 5 nitrogen and oxygen atoms in total. The molecule has 1 fully saturated rings. The van der Waals surface area contributed by atoms with Crippen LogP contribution < -0.4 is 0 Å². The van der Waals surface area contributed by atoms with Crippen molar-refractivity contribution in [2.75, 3.05) is 0 Å². The lowest BCUT2D eigenvalue weighted by Crippen LogP contribution is -2.12. The van der Waals surface area contributed by atoms with Gasteiger partial charge in [0, 0.05) is 6.20 Å². The van der Waals surface area contributed by atoms with Gasteiger partial charge in [-0.2, -0.15) is 4.98 Å². The van der Waals surface area contributed by atoms with Crippen LogP contribution in [-0.4, -0.2) is 26.3 Å². The third-order valence-corrected chi connectivity index (χ3v) is 3.20. The van der Waals surface area contributed by atoms with Crippen LogP contribution in [0, 0.1) is 5.92 Å². The predicted octanol–water partition coefficient (Wildman–Crippen LogP) is 2.10. The van der Waals surface area contributed by atoms with Crippen molar-refractivity contribution in [2.45, 2.75) is 25.4 Å². The summed E-state index contributed by atoms with van der Waals surface area (Å²) in [5.74, 6) is 1.26. The number of rotatable bonds is 4. The molecule has 1 aliphatic rings. The first-order valence-electron chi connectivity index (χ1n) is 5.85. The van der Waals surface area contributed by atoms with E-state index in [1.807, 2.05) is 0 Å². The summed E-state index contributed by atoms with van der Waals surface area (Å²) in [5.41, 5.74) is 0.607. The highest BCUT2D eigenvalue weighted by Gasteiger charge is 2.31. The van der Waals surface area contributed by atoms with Gasteiger partial charge in [0.05, 0.1) is 17.5 Å². The summed E-state index contributed by atoms with van der Waals surface area (Å²) in [6, 6.07) is 3.45. The summed E-state index contributed by atoms with van der Waals surface area (Å²) >= 11 is 5.76. The molecule has 1 saturated carbocycles. The van der Waals surface area contributed by atoms with Crippen molar-refractivity contribution in [1.29, 1.82) is 0 Å². The highest BCUT2D eigenvalue weighted by atomic mass is 35.5. The number of pyridine rings is 1. The van der Waals surface area contributed by atoms with E-state index in [1.54, 1.807) is 12.1 Å². The summed E-state index contributed by atoms with van der Waals surface area (Å²) in [6.07, 6.45) is 3.73. The van der Waals surface area contributed by atoms with E-state index in [2.05, 4.69) is 15.1 Å². The van der Waals surface area contributed by atoms with Crippen molar-refractivity contribution in [1.82, 2.24) is 15.1 Å². The van der Waals surface area contributed by atoms with Gasteiger partial charge in [-0.25, -0.2) is 0 Å². The second-order valence-electron chi connectivity index (χ2n) is 4.48. The Kier molecular flexibility index (Phi) is 3.01. The molecule has 1 N–H and O–H groups in total. The standard InChI is InChI=1S/C12H12ClN3O2/c13-8-3-4-9(14-6-8)12-15-11(18-16-12)5-10(17)7-1-2-7/h3-4,6-7,10,17H,1-2,5H2. The maximum absolute atomic E-state index is 9.80. The first kappa shape index (κ1) is 11.6. The normalized spacial score (nSPS) is 16.8. The summed E-state index contributed by atoms with van der Waals surface area (Å²) in [6.45, 7) is 0. The minimum atomic E-state index is -0.378. The van der Waals surface area contributed by atoms with Gasteiger partial charge in [0.1, 0.15) is 5.69 Å². The number of aliphatic hydroxyl groups excluding tert-OH is 1. The van der Waals surface area contributed by atoms with E-state index in [4.69, 9.17) is 16.1 Å². The molecule has 0 bridgehead atoms. The second kappa shape index (κ2) is 4.66. The van der Waals surface area contributed by atoms with E-state index in [0.29, 0.717) is 34.8 Å². The summed E-state index contributed by atoms with van der Waals surface area (Å²) in [7, 11) is 0. The molecule has 6 heteroatoms. The largest absolute Gasteiger partial charge is 0.392 e. The van der Waals surface area contributed by atoms with E-state index in [9.17, 15) is 5.11 Å². The number of halogens is 1. The summed E-state index contributed by atoms with van der Waals surface area (Å²) in [4.78, 5) is 8.33. The van der Waals surface area contributed by atoms with Gasteiger partial charge in [0.2, 0.25) is 11.7 Å². The fraction of sp³-hybridized carbons (Fsp3) is 0.417. The monoisotopic (exact) mass is 265 g/mol. The van der Waals surface area contributed by atoms with Crippen LogP contribution in [0.15, 0.2) is 22.9 Å². The van der Waals surface area contributed by atoms with Gasteiger partial charge >= 0.3 is 0 Å². The summed E-state index contributed by atoms with van der Waals surface area (Å²) < 4.78 is 5.10. The van der Waals surface area contributed by atoms with Gasteiger partial charge in [0.15, 0.2) is 0 Å². The van der Waals surface area contributed by atoms with Crippen molar-refractivity contribution >= 4 is 11.6 Å². The molecule has 0 spiro atoms. The highest BCUT2D eigenvalue weighted by molar-refractivity contribution is 6.30. The average molecular weight is 266 g/mol. The van der Waals surface area contributed by atoms with Gasteiger partial charge < -0.3 is 9.63 Å². The van der Waals surface area contributed by atoms with Gasteiger partial charge in [-0.05, 0) is 30.9 Å². The highest BCUT2D eigenvalue weighted by Crippen LogP contribution is 2.33. The fourth-order valence-corrected chi connectivity index (χ4v) is 1.89. The van der Waals surface area contributed by atoms with Gasteiger partial charge in [0.25, 0.3) is 0 Å². The van der Waals surface area contributed by atoms with E-state index in [-0.39, 0.29) is 6.10 Å². The quantitative estimate of drug-likeness (QED) is 0.916. The third kappa shape index (κ3) is 2.52. The smallest absolute Gasteiger partial charge is 0.229 e. The molecule has 1 unspecified atom stereocenters. The van der Waals surface area contributed by atoms with E-state index >= 15 is 0 Å². The molecule has 1 atom stereocenters. The first-order valence-corrected chi connectivity index (χ1v) is 6.23.